The van der Waals surface area contributed by atoms with Crippen molar-refractivity contribution in [3.63, 3.8) is 0 Å². The van der Waals surface area contributed by atoms with Gasteiger partial charge in [-0.25, -0.2) is 4.98 Å². The number of primary amides is 1. The number of anilines is 2. The van der Waals surface area contributed by atoms with Crippen LogP contribution in [0.2, 0.25) is 0 Å². The first-order valence-electron chi connectivity index (χ1n) is 11.4. The lowest BCUT2D eigenvalue weighted by molar-refractivity contribution is -0.131. The Hall–Kier alpha value is -4.20. The van der Waals surface area contributed by atoms with Crippen molar-refractivity contribution in [3.8, 4) is 5.75 Å². The van der Waals surface area contributed by atoms with E-state index in [1.165, 1.54) is 17.0 Å². The molecule has 0 radical (unpaired) electrons. The van der Waals surface area contributed by atoms with E-state index in [1.807, 2.05) is 26.8 Å². The summed E-state index contributed by atoms with van der Waals surface area (Å²) in [4.78, 5) is 45.0. The van der Waals surface area contributed by atoms with Gasteiger partial charge in [0.1, 0.15) is 11.6 Å². The van der Waals surface area contributed by atoms with Crippen LogP contribution in [0.15, 0.2) is 72.9 Å². The van der Waals surface area contributed by atoms with Crippen molar-refractivity contribution < 1.29 is 19.5 Å². The van der Waals surface area contributed by atoms with Crippen LogP contribution < -0.4 is 16.0 Å². The fraction of sp³-hybridized carbons (Fsp3) is 0.259. The molecule has 0 aliphatic heterocycles. The van der Waals surface area contributed by atoms with Crippen LogP contribution in [0.3, 0.4) is 0 Å². The number of rotatable bonds is 9. The van der Waals surface area contributed by atoms with Crippen molar-refractivity contribution >= 4 is 29.2 Å². The lowest BCUT2D eigenvalue weighted by atomic mass is 9.76. The summed E-state index contributed by atoms with van der Waals surface area (Å²) >= 11 is 0. The minimum Gasteiger partial charge on any atom is -0.508 e. The van der Waals surface area contributed by atoms with E-state index >= 15 is 0 Å². The fourth-order valence-corrected chi connectivity index (χ4v) is 4.26. The Morgan fingerprint density at radius 2 is 1.74 bits per heavy atom. The number of carbonyl (C=O) groups excluding carboxylic acids is 3. The van der Waals surface area contributed by atoms with Gasteiger partial charge in [-0.2, -0.15) is 0 Å². The molecular formula is C27H30N4O4. The van der Waals surface area contributed by atoms with Crippen LogP contribution in [0, 0.1) is 12.8 Å². The average Bonchev–Trinajstić information content (AvgIpc) is 2.82. The van der Waals surface area contributed by atoms with Crippen molar-refractivity contribution in [1.82, 2.24) is 4.98 Å². The molecule has 1 heterocycles. The molecule has 3 amide bonds. The Morgan fingerprint density at radius 3 is 2.31 bits per heavy atom. The molecule has 0 saturated carbocycles. The summed E-state index contributed by atoms with van der Waals surface area (Å²) < 4.78 is 0. The summed E-state index contributed by atoms with van der Waals surface area (Å²) in [6, 6.07) is 18.4. The van der Waals surface area contributed by atoms with Crippen LogP contribution in [0.5, 0.6) is 5.75 Å². The predicted molar refractivity (Wildman–Crippen MR) is 135 cm³/mol. The lowest BCUT2D eigenvalue weighted by Crippen LogP contribution is -2.60. The third-order valence-corrected chi connectivity index (χ3v) is 5.88. The Balaban J connectivity index is 2.03. The zero-order chi connectivity index (χ0) is 25.6. The number of aryl methyl sites for hydroxylation is 1. The number of phenols is 1. The van der Waals surface area contributed by atoms with Crippen molar-refractivity contribution in [2.75, 3.05) is 10.2 Å². The highest BCUT2D eigenvalue weighted by atomic mass is 16.3. The maximum Gasteiger partial charge on any atom is 0.248 e. The molecule has 182 valence electrons. The van der Waals surface area contributed by atoms with Gasteiger partial charge in [0, 0.05) is 24.7 Å². The normalized spacial score (nSPS) is 12.6. The lowest BCUT2D eigenvalue weighted by Gasteiger charge is -2.45. The summed E-state index contributed by atoms with van der Waals surface area (Å²) in [6.07, 6.45) is 1.29. The quantitative estimate of drug-likeness (QED) is 0.434. The smallest absolute Gasteiger partial charge is 0.248 e. The van der Waals surface area contributed by atoms with Crippen molar-refractivity contribution in [2.24, 2.45) is 11.7 Å². The summed E-state index contributed by atoms with van der Waals surface area (Å²) in [5.74, 6) is -1.55. The summed E-state index contributed by atoms with van der Waals surface area (Å²) in [6.45, 7) is 5.50. The van der Waals surface area contributed by atoms with Crippen LogP contribution >= 0.6 is 0 Å². The molecule has 4 N–H and O–H groups in total. The Labute approximate surface area is 204 Å². The Kier molecular flexibility index (Phi) is 7.86. The van der Waals surface area contributed by atoms with E-state index in [0.717, 1.165) is 5.56 Å². The van der Waals surface area contributed by atoms with E-state index in [-0.39, 0.29) is 24.5 Å². The second-order valence-electron chi connectivity index (χ2n) is 8.66. The predicted octanol–water partition coefficient (Wildman–Crippen LogP) is 3.88. The second-order valence-corrected chi connectivity index (χ2v) is 8.66. The number of nitrogens with zero attached hydrogens (tertiary/aromatic N) is 2. The minimum absolute atomic E-state index is 0.0236. The monoisotopic (exact) mass is 474 g/mol. The number of nitrogens with two attached hydrogens (primary N) is 1. The molecule has 1 atom stereocenters. The zero-order valence-corrected chi connectivity index (χ0v) is 20.1. The number of pyridine rings is 1. The number of aromatic nitrogens is 1. The molecule has 3 rings (SSSR count). The largest absolute Gasteiger partial charge is 0.508 e. The number of aromatic hydroxyl groups is 1. The van der Waals surface area contributed by atoms with E-state index in [1.54, 1.807) is 54.7 Å². The van der Waals surface area contributed by atoms with E-state index in [4.69, 9.17) is 5.73 Å². The third kappa shape index (κ3) is 5.48. The molecule has 35 heavy (non-hydrogen) atoms. The minimum atomic E-state index is -1.56. The van der Waals surface area contributed by atoms with Gasteiger partial charge in [0.05, 0.1) is 0 Å². The van der Waals surface area contributed by atoms with Crippen LogP contribution in [-0.2, 0) is 19.9 Å². The Bertz CT molecular complexity index is 1200. The highest BCUT2D eigenvalue weighted by molar-refractivity contribution is 6.05. The molecule has 8 heteroatoms. The van der Waals surface area contributed by atoms with Gasteiger partial charge in [-0.05, 0) is 60.4 Å². The first kappa shape index (κ1) is 25.4. The first-order chi connectivity index (χ1) is 16.7. The number of amides is 3. The van der Waals surface area contributed by atoms with Crippen molar-refractivity contribution in [1.29, 1.82) is 0 Å². The number of phenolic OH excluding ortho intramolecular Hbond substituents is 1. The van der Waals surface area contributed by atoms with Gasteiger partial charge < -0.3 is 16.2 Å². The molecule has 2 aromatic carbocycles. The molecule has 3 aromatic rings. The van der Waals surface area contributed by atoms with Crippen molar-refractivity contribution in [2.45, 2.75) is 39.2 Å². The molecule has 0 bridgehead atoms. The summed E-state index contributed by atoms with van der Waals surface area (Å²) in [5, 5.41) is 12.5. The van der Waals surface area contributed by atoms with E-state index in [0.29, 0.717) is 17.1 Å². The number of hydrogen-bond donors (Lipinski definition) is 3. The second kappa shape index (κ2) is 10.8. The van der Waals surface area contributed by atoms with Crippen LogP contribution in [-0.4, -0.2) is 27.8 Å². The van der Waals surface area contributed by atoms with Gasteiger partial charge in [-0.3, -0.25) is 19.3 Å². The fourth-order valence-electron chi connectivity index (χ4n) is 4.26. The topological polar surface area (TPSA) is 126 Å². The highest BCUT2D eigenvalue weighted by Gasteiger charge is 2.50. The van der Waals surface area contributed by atoms with Crippen LogP contribution in [0.1, 0.15) is 37.8 Å². The summed E-state index contributed by atoms with van der Waals surface area (Å²) in [5.41, 5.74) is 6.31. The molecule has 0 fully saturated rings. The van der Waals surface area contributed by atoms with Gasteiger partial charge in [-0.15, -0.1) is 0 Å². The van der Waals surface area contributed by atoms with E-state index in [2.05, 4.69) is 10.3 Å². The SMILES string of the molecule is Cc1cccc(N(C(=O)CCC(=O)Nc2ccccn2)C(C(N)=O)(c2ccc(O)cc2)C(C)C)c1. The van der Waals surface area contributed by atoms with Gasteiger partial charge in [-0.1, -0.05) is 44.2 Å². The molecule has 8 nitrogen and oxygen atoms in total. The standard InChI is InChI=1S/C27H30N4O4/c1-18(2)27(26(28)35,20-10-12-22(32)13-11-20)31(21-8-6-7-19(3)17-21)25(34)15-14-24(33)30-23-9-4-5-16-29-23/h4-13,16-18,32H,14-15H2,1-3H3,(H2,28,35)(H,29,30,33). The highest BCUT2D eigenvalue weighted by Crippen LogP contribution is 2.41. The van der Waals surface area contributed by atoms with Gasteiger partial charge >= 0.3 is 0 Å². The maximum absolute atomic E-state index is 13.8. The first-order valence-corrected chi connectivity index (χ1v) is 11.4. The number of hydrogen-bond acceptors (Lipinski definition) is 5. The number of benzene rings is 2. The molecule has 1 aromatic heterocycles. The van der Waals surface area contributed by atoms with Gasteiger partial charge in [0.25, 0.3) is 0 Å². The van der Waals surface area contributed by atoms with Gasteiger partial charge in [0.15, 0.2) is 5.54 Å². The third-order valence-electron chi connectivity index (χ3n) is 5.88. The van der Waals surface area contributed by atoms with Gasteiger partial charge in [0.2, 0.25) is 17.7 Å². The number of nitrogens with one attached hydrogen (secondary N) is 1. The molecule has 0 spiro atoms. The van der Waals surface area contributed by atoms with Crippen LogP contribution in [0.4, 0.5) is 11.5 Å². The number of carbonyl (C=O) groups is 3. The van der Waals surface area contributed by atoms with E-state index < -0.39 is 23.3 Å². The van der Waals surface area contributed by atoms with E-state index in [9.17, 15) is 19.5 Å². The average molecular weight is 475 g/mol. The maximum atomic E-state index is 13.8. The molecular weight excluding hydrogens is 444 g/mol. The van der Waals surface area contributed by atoms with Crippen LogP contribution in [0.25, 0.3) is 0 Å². The Morgan fingerprint density at radius 1 is 1.03 bits per heavy atom. The molecule has 1 unspecified atom stereocenters. The molecule has 0 aliphatic rings. The zero-order valence-electron chi connectivity index (χ0n) is 20.1. The molecule has 0 aliphatic carbocycles. The summed E-state index contributed by atoms with van der Waals surface area (Å²) in [7, 11) is 0. The van der Waals surface area contributed by atoms with Crippen molar-refractivity contribution in [3.05, 3.63) is 84.1 Å². The molecule has 0 saturated heterocycles.